The number of nitrogens with one attached hydrogen (secondary N) is 1. The Morgan fingerprint density at radius 3 is 2.90 bits per heavy atom. The van der Waals surface area contributed by atoms with E-state index in [0.29, 0.717) is 13.1 Å². The molecule has 154 valence electrons. The molecule has 1 aromatic carbocycles. The molecule has 1 N–H and O–H groups in total. The van der Waals surface area contributed by atoms with E-state index in [1.807, 2.05) is 24.6 Å². The van der Waals surface area contributed by atoms with Crippen molar-refractivity contribution in [1.82, 2.24) is 25.0 Å². The maximum absolute atomic E-state index is 4.92. The molecule has 0 bridgehead atoms. The number of likely N-dealkylation sites (tertiary alicyclic amines) is 1. The number of hydrogen-bond donors (Lipinski definition) is 1. The molecule has 2 aliphatic rings. The summed E-state index contributed by atoms with van der Waals surface area (Å²) in [5.74, 6) is 2.74. The summed E-state index contributed by atoms with van der Waals surface area (Å²) in [6, 6.07) is 9.05. The second-order valence-corrected chi connectivity index (χ2v) is 8.35. The Labute approximate surface area is 173 Å². The third kappa shape index (κ3) is 3.93. The van der Waals surface area contributed by atoms with Gasteiger partial charge in [-0.05, 0) is 50.2 Å². The molecule has 1 atom stereocenters. The molecule has 2 aromatic rings. The van der Waals surface area contributed by atoms with Crippen molar-refractivity contribution < 1.29 is 0 Å². The number of rotatable bonds is 4. The quantitative estimate of drug-likeness (QED) is 0.493. The summed E-state index contributed by atoms with van der Waals surface area (Å²) < 4.78 is 2.00. The lowest BCUT2D eigenvalue weighted by molar-refractivity contribution is 0.188. The zero-order valence-corrected chi connectivity index (χ0v) is 17.7. The van der Waals surface area contributed by atoms with Crippen molar-refractivity contribution in [2.24, 2.45) is 12.0 Å². The van der Waals surface area contributed by atoms with Crippen LogP contribution in [0.1, 0.15) is 48.5 Å². The maximum Gasteiger partial charge on any atom is 0.194 e. The van der Waals surface area contributed by atoms with E-state index in [1.54, 1.807) is 5.56 Å². The molecule has 2 heterocycles. The summed E-state index contributed by atoms with van der Waals surface area (Å²) in [6.45, 7) is 9.11. The topological polar surface area (TPSA) is 58.3 Å². The molecule has 6 heteroatoms. The Kier molecular flexibility index (Phi) is 5.69. The average Bonchev–Trinajstić information content (AvgIpc) is 3.06. The minimum Gasteiger partial charge on any atom is -0.353 e. The van der Waals surface area contributed by atoms with Gasteiger partial charge in [-0.15, -0.1) is 16.8 Å². The first kappa shape index (κ1) is 19.7. The van der Waals surface area contributed by atoms with Crippen LogP contribution in [0.5, 0.6) is 0 Å². The minimum absolute atomic E-state index is 0.241. The molecule has 29 heavy (non-hydrogen) atoms. The SMILES string of the molecule is C=CCNC(=NCc1nnc(C)n1C)N1CCCC2(CCCc3ccccc32)C1. The van der Waals surface area contributed by atoms with Crippen LogP contribution < -0.4 is 5.32 Å². The van der Waals surface area contributed by atoms with E-state index in [9.17, 15) is 0 Å². The fourth-order valence-corrected chi connectivity index (χ4v) is 4.91. The number of piperidine rings is 1. The normalized spacial score (nSPS) is 21.9. The number of guanidine groups is 1. The lowest BCUT2D eigenvalue weighted by atomic mass is 9.66. The van der Waals surface area contributed by atoms with Crippen molar-refractivity contribution in [2.45, 2.75) is 51.0 Å². The average molecular weight is 393 g/mol. The Morgan fingerprint density at radius 1 is 1.28 bits per heavy atom. The van der Waals surface area contributed by atoms with Gasteiger partial charge in [0, 0.05) is 32.1 Å². The van der Waals surface area contributed by atoms with Gasteiger partial charge in [0.2, 0.25) is 0 Å². The van der Waals surface area contributed by atoms with E-state index < -0.39 is 0 Å². The highest BCUT2D eigenvalue weighted by Crippen LogP contribution is 2.43. The van der Waals surface area contributed by atoms with Crippen LogP contribution in [0.15, 0.2) is 41.9 Å². The van der Waals surface area contributed by atoms with Crippen molar-refractivity contribution in [3.63, 3.8) is 0 Å². The summed E-state index contributed by atoms with van der Waals surface area (Å²) in [4.78, 5) is 7.37. The molecule has 6 nitrogen and oxygen atoms in total. The number of hydrogen-bond acceptors (Lipinski definition) is 3. The van der Waals surface area contributed by atoms with Crippen molar-refractivity contribution in [1.29, 1.82) is 0 Å². The van der Waals surface area contributed by atoms with Crippen LogP contribution >= 0.6 is 0 Å². The van der Waals surface area contributed by atoms with Gasteiger partial charge in [0.25, 0.3) is 0 Å². The molecule has 0 amide bonds. The highest BCUT2D eigenvalue weighted by Gasteiger charge is 2.40. The van der Waals surface area contributed by atoms with Gasteiger partial charge in [-0.1, -0.05) is 30.3 Å². The van der Waals surface area contributed by atoms with E-state index in [0.717, 1.165) is 30.7 Å². The number of benzene rings is 1. The largest absolute Gasteiger partial charge is 0.353 e. The fourth-order valence-electron chi connectivity index (χ4n) is 4.91. The van der Waals surface area contributed by atoms with E-state index in [2.05, 4.69) is 51.3 Å². The second-order valence-electron chi connectivity index (χ2n) is 8.35. The zero-order valence-electron chi connectivity index (χ0n) is 17.7. The molecule has 0 saturated carbocycles. The molecule has 1 unspecified atom stereocenters. The van der Waals surface area contributed by atoms with Gasteiger partial charge >= 0.3 is 0 Å². The predicted octanol–water partition coefficient (Wildman–Crippen LogP) is 3.13. The van der Waals surface area contributed by atoms with Crippen molar-refractivity contribution in [3.8, 4) is 0 Å². The molecule has 1 aliphatic heterocycles. The van der Waals surface area contributed by atoms with Crippen LogP contribution in [0.25, 0.3) is 0 Å². The summed E-state index contributed by atoms with van der Waals surface area (Å²) >= 11 is 0. The van der Waals surface area contributed by atoms with E-state index >= 15 is 0 Å². The first-order chi connectivity index (χ1) is 14.1. The van der Waals surface area contributed by atoms with Gasteiger partial charge < -0.3 is 14.8 Å². The molecule has 4 rings (SSSR count). The maximum atomic E-state index is 4.92. The monoisotopic (exact) mass is 392 g/mol. The number of fused-ring (bicyclic) bond motifs is 2. The van der Waals surface area contributed by atoms with E-state index in [-0.39, 0.29) is 5.41 Å². The molecular formula is C23H32N6. The third-order valence-electron chi connectivity index (χ3n) is 6.52. The van der Waals surface area contributed by atoms with Gasteiger partial charge in [0.05, 0.1) is 0 Å². The Balaban J connectivity index is 1.59. The number of aryl methyl sites for hydroxylation is 2. The molecule has 1 aromatic heterocycles. The van der Waals surface area contributed by atoms with Gasteiger partial charge in [-0.2, -0.15) is 0 Å². The first-order valence-corrected chi connectivity index (χ1v) is 10.7. The molecule has 1 saturated heterocycles. The number of aliphatic imine (C=N–C) groups is 1. The van der Waals surface area contributed by atoms with Gasteiger partial charge in [0.1, 0.15) is 12.4 Å². The highest BCUT2D eigenvalue weighted by molar-refractivity contribution is 5.80. The molecule has 1 spiro atoms. The summed E-state index contributed by atoms with van der Waals surface area (Å²) in [5.41, 5.74) is 3.33. The fraction of sp³-hybridized carbons (Fsp3) is 0.522. The zero-order chi connectivity index (χ0) is 20.3. The van der Waals surface area contributed by atoms with Crippen molar-refractivity contribution in [2.75, 3.05) is 19.6 Å². The Hall–Kier alpha value is -2.63. The van der Waals surface area contributed by atoms with Crippen molar-refractivity contribution in [3.05, 3.63) is 59.7 Å². The molecule has 1 aliphatic carbocycles. The standard InChI is InChI=1S/C23H32N6/c1-4-14-24-22(25-16-21-27-26-18(2)28(21)3)29-15-8-13-23(17-29)12-7-10-19-9-5-6-11-20(19)23/h4-6,9,11H,1,7-8,10,12-17H2,2-3H3,(H,24,25). The number of aromatic nitrogens is 3. The highest BCUT2D eigenvalue weighted by atomic mass is 15.3. The smallest absolute Gasteiger partial charge is 0.194 e. The van der Waals surface area contributed by atoms with Crippen molar-refractivity contribution >= 4 is 5.96 Å². The van der Waals surface area contributed by atoms with Crippen LogP contribution in [0.4, 0.5) is 0 Å². The lowest BCUT2D eigenvalue weighted by Gasteiger charge is -2.47. The first-order valence-electron chi connectivity index (χ1n) is 10.7. The van der Waals surface area contributed by atoms with Crippen LogP contribution in [-0.4, -0.2) is 45.3 Å². The van der Waals surface area contributed by atoms with Crippen LogP contribution in [0.2, 0.25) is 0 Å². The van der Waals surface area contributed by atoms with Crippen LogP contribution in [-0.2, 0) is 25.4 Å². The lowest BCUT2D eigenvalue weighted by Crippen LogP contribution is -2.53. The van der Waals surface area contributed by atoms with Gasteiger partial charge in [-0.3, -0.25) is 0 Å². The van der Waals surface area contributed by atoms with Gasteiger partial charge in [0.15, 0.2) is 11.8 Å². The Bertz CT molecular complexity index is 899. The molecular weight excluding hydrogens is 360 g/mol. The third-order valence-corrected chi connectivity index (χ3v) is 6.52. The summed E-state index contributed by atoms with van der Waals surface area (Å²) in [6.07, 6.45) is 8.08. The summed E-state index contributed by atoms with van der Waals surface area (Å²) in [7, 11) is 1.99. The number of nitrogens with zero attached hydrogens (tertiary/aromatic N) is 5. The van der Waals surface area contributed by atoms with Gasteiger partial charge in [-0.25, -0.2) is 4.99 Å². The predicted molar refractivity (Wildman–Crippen MR) is 117 cm³/mol. The van der Waals surface area contributed by atoms with E-state index in [4.69, 9.17) is 4.99 Å². The van der Waals surface area contributed by atoms with E-state index in [1.165, 1.54) is 37.7 Å². The second kappa shape index (κ2) is 8.39. The molecule has 0 radical (unpaired) electrons. The van der Waals surface area contributed by atoms with Crippen LogP contribution in [0.3, 0.4) is 0 Å². The van der Waals surface area contributed by atoms with Crippen LogP contribution in [0, 0.1) is 6.92 Å². The molecule has 1 fully saturated rings. The summed E-state index contributed by atoms with van der Waals surface area (Å²) in [5, 5.41) is 11.9. The Morgan fingerprint density at radius 2 is 2.10 bits per heavy atom. The minimum atomic E-state index is 0.241.